The SMILES string of the molecule is CC1(C)CN(C(=O)CCCNC(=O)c2ccccc2)CCC1N. The number of likely N-dealkylation sites (tertiary alicyclic amines) is 1. The summed E-state index contributed by atoms with van der Waals surface area (Å²) in [4.78, 5) is 26.1. The molecular formula is C18H27N3O2. The molecule has 2 rings (SSSR count). The molecule has 1 heterocycles. The molecule has 1 aromatic carbocycles. The van der Waals surface area contributed by atoms with E-state index in [4.69, 9.17) is 5.73 Å². The molecule has 0 bridgehead atoms. The maximum Gasteiger partial charge on any atom is 0.251 e. The lowest BCUT2D eigenvalue weighted by molar-refractivity contribution is -0.134. The molecule has 23 heavy (non-hydrogen) atoms. The minimum atomic E-state index is -0.0943. The predicted octanol–water partition coefficient (Wildman–Crippen LogP) is 1.78. The Balaban J connectivity index is 1.70. The Morgan fingerprint density at radius 1 is 1.30 bits per heavy atom. The lowest BCUT2D eigenvalue weighted by Crippen LogP contribution is -2.54. The highest BCUT2D eigenvalue weighted by atomic mass is 16.2. The molecule has 126 valence electrons. The molecular weight excluding hydrogens is 290 g/mol. The molecule has 5 heteroatoms. The lowest BCUT2D eigenvalue weighted by Gasteiger charge is -2.42. The van der Waals surface area contributed by atoms with Crippen LogP contribution in [-0.4, -0.2) is 42.4 Å². The Morgan fingerprint density at radius 3 is 2.65 bits per heavy atom. The number of rotatable bonds is 5. The minimum Gasteiger partial charge on any atom is -0.352 e. The number of benzene rings is 1. The molecule has 0 radical (unpaired) electrons. The fraction of sp³-hybridized carbons (Fsp3) is 0.556. The summed E-state index contributed by atoms with van der Waals surface area (Å²) in [6.45, 7) is 6.17. The zero-order valence-electron chi connectivity index (χ0n) is 14.0. The van der Waals surface area contributed by atoms with Gasteiger partial charge in [-0.05, 0) is 30.4 Å². The van der Waals surface area contributed by atoms with Crippen LogP contribution in [-0.2, 0) is 4.79 Å². The third kappa shape index (κ3) is 4.79. The van der Waals surface area contributed by atoms with Crippen LogP contribution in [0, 0.1) is 5.41 Å². The van der Waals surface area contributed by atoms with Crippen molar-refractivity contribution in [3.05, 3.63) is 35.9 Å². The smallest absolute Gasteiger partial charge is 0.251 e. The Kier molecular flexibility index (Phi) is 5.77. The molecule has 1 saturated heterocycles. The maximum atomic E-state index is 12.3. The van der Waals surface area contributed by atoms with Gasteiger partial charge in [-0.25, -0.2) is 0 Å². The van der Waals surface area contributed by atoms with Crippen LogP contribution >= 0.6 is 0 Å². The third-order valence-corrected chi connectivity index (χ3v) is 4.55. The summed E-state index contributed by atoms with van der Waals surface area (Å²) < 4.78 is 0. The van der Waals surface area contributed by atoms with Gasteiger partial charge in [-0.15, -0.1) is 0 Å². The van der Waals surface area contributed by atoms with Crippen molar-refractivity contribution in [3.63, 3.8) is 0 Å². The number of carbonyl (C=O) groups excluding carboxylic acids is 2. The monoisotopic (exact) mass is 317 g/mol. The maximum absolute atomic E-state index is 12.3. The molecule has 0 aliphatic carbocycles. The summed E-state index contributed by atoms with van der Waals surface area (Å²) in [6, 6.07) is 9.25. The van der Waals surface area contributed by atoms with Crippen LogP contribution in [0.2, 0.25) is 0 Å². The first-order valence-electron chi connectivity index (χ1n) is 8.27. The summed E-state index contributed by atoms with van der Waals surface area (Å²) in [7, 11) is 0. The Hall–Kier alpha value is -1.88. The van der Waals surface area contributed by atoms with Crippen molar-refractivity contribution in [2.24, 2.45) is 11.1 Å². The van der Waals surface area contributed by atoms with E-state index in [0.717, 1.165) is 13.0 Å². The van der Waals surface area contributed by atoms with Gasteiger partial charge in [0.15, 0.2) is 0 Å². The van der Waals surface area contributed by atoms with E-state index in [1.165, 1.54) is 0 Å². The molecule has 1 aliphatic rings. The van der Waals surface area contributed by atoms with Crippen LogP contribution < -0.4 is 11.1 Å². The highest BCUT2D eigenvalue weighted by molar-refractivity contribution is 5.94. The van der Waals surface area contributed by atoms with Gasteiger partial charge < -0.3 is 16.0 Å². The highest BCUT2D eigenvalue weighted by Gasteiger charge is 2.34. The van der Waals surface area contributed by atoms with Crippen LogP contribution in [0.25, 0.3) is 0 Å². The summed E-state index contributed by atoms with van der Waals surface area (Å²) in [5.41, 5.74) is 6.71. The van der Waals surface area contributed by atoms with E-state index in [0.29, 0.717) is 31.5 Å². The predicted molar refractivity (Wildman–Crippen MR) is 91.0 cm³/mol. The van der Waals surface area contributed by atoms with Gasteiger partial charge in [0.1, 0.15) is 0 Å². The van der Waals surface area contributed by atoms with Crippen molar-refractivity contribution in [1.82, 2.24) is 10.2 Å². The second-order valence-electron chi connectivity index (χ2n) is 6.92. The van der Waals surface area contributed by atoms with Gasteiger partial charge in [0.2, 0.25) is 5.91 Å². The summed E-state index contributed by atoms with van der Waals surface area (Å²) in [6.07, 6.45) is 1.96. The fourth-order valence-electron chi connectivity index (χ4n) is 2.88. The van der Waals surface area contributed by atoms with Crippen LogP contribution in [0.15, 0.2) is 30.3 Å². The van der Waals surface area contributed by atoms with Gasteiger partial charge in [0.25, 0.3) is 5.91 Å². The van der Waals surface area contributed by atoms with Crippen LogP contribution in [0.3, 0.4) is 0 Å². The number of amides is 2. The number of hydrogen-bond donors (Lipinski definition) is 2. The molecule has 0 aromatic heterocycles. The van der Waals surface area contributed by atoms with Crippen molar-refractivity contribution in [2.45, 2.75) is 39.2 Å². The summed E-state index contributed by atoms with van der Waals surface area (Å²) in [5.74, 6) is 0.0575. The molecule has 5 nitrogen and oxygen atoms in total. The molecule has 1 atom stereocenters. The number of nitrogens with zero attached hydrogens (tertiary/aromatic N) is 1. The number of nitrogens with one attached hydrogen (secondary N) is 1. The zero-order valence-corrected chi connectivity index (χ0v) is 14.0. The van der Waals surface area contributed by atoms with E-state index >= 15 is 0 Å². The van der Waals surface area contributed by atoms with Crippen molar-refractivity contribution >= 4 is 11.8 Å². The molecule has 1 aliphatic heterocycles. The third-order valence-electron chi connectivity index (χ3n) is 4.55. The van der Waals surface area contributed by atoms with Crippen molar-refractivity contribution < 1.29 is 9.59 Å². The number of carbonyl (C=O) groups is 2. The molecule has 2 amide bonds. The van der Waals surface area contributed by atoms with Crippen molar-refractivity contribution in [2.75, 3.05) is 19.6 Å². The largest absolute Gasteiger partial charge is 0.352 e. The van der Waals surface area contributed by atoms with E-state index in [-0.39, 0.29) is 23.3 Å². The van der Waals surface area contributed by atoms with Gasteiger partial charge in [-0.3, -0.25) is 9.59 Å². The standard InChI is InChI=1S/C18H27N3O2/c1-18(2)13-21(12-10-15(18)19)16(22)9-6-11-20-17(23)14-7-4-3-5-8-14/h3-5,7-8,15H,6,9-13,19H2,1-2H3,(H,20,23). The molecule has 1 unspecified atom stereocenters. The topological polar surface area (TPSA) is 75.4 Å². The Labute approximate surface area is 138 Å². The Morgan fingerprint density at radius 2 is 2.00 bits per heavy atom. The van der Waals surface area contributed by atoms with E-state index in [1.54, 1.807) is 12.1 Å². The quantitative estimate of drug-likeness (QED) is 0.813. The first-order chi connectivity index (χ1) is 10.9. The Bertz CT molecular complexity index is 542. The van der Waals surface area contributed by atoms with Gasteiger partial charge in [-0.2, -0.15) is 0 Å². The first kappa shape index (κ1) is 17.5. The summed E-state index contributed by atoms with van der Waals surface area (Å²) >= 11 is 0. The molecule has 0 spiro atoms. The van der Waals surface area contributed by atoms with Crippen LogP contribution in [0.4, 0.5) is 0 Å². The number of nitrogens with two attached hydrogens (primary N) is 1. The fourth-order valence-corrected chi connectivity index (χ4v) is 2.88. The van der Waals surface area contributed by atoms with E-state index in [1.807, 2.05) is 23.1 Å². The average Bonchev–Trinajstić information content (AvgIpc) is 2.54. The summed E-state index contributed by atoms with van der Waals surface area (Å²) in [5, 5.41) is 2.85. The van der Waals surface area contributed by atoms with Gasteiger partial charge in [0, 0.05) is 37.7 Å². The second kappa shape index (κ2) is 7.59. The van der Waals surface area contributed by atoms with E-state index < -0.39 is 0 Å². The van der Waals surface area contributed by atoms with E-state index in [9.17, 15) is 9.59 Å². The first-order valence-corrected chi connectivity index (χ1v) is 8.27. The van der Waals surface area contributed by atoms with Gasteiger partial charge in [0.05, 0.1) is 0 Å². The molecule has 0 saturated carbocycles. The average molecular weight is 317 g/mol. The van der Waals surface area contributed by atoms with Crippen LogP contribution in [0.1, 0.15) is 43.5 Å². The number of hydrogen-bond acceptors (Lipinski definition) is 3. The van der Waals surface area contributed by atoms with Gasteiger partial charge in [-0.1, -0.05) is 32.0 Å². The zero-order chi connectivity index (χ0) is 16.9. The number of piperidine rings is 1. The second-order valence-corrected chi connectivity index (χ2v) is 6.92. The lowest BCUT2D eigenvalue weighted by atomic mass is 9.79. The highest BCUT2D eigenvalue weighted by Crippen LogP contribution is 2.28. The normalized spacial score (nSPS) is 20.1. The molecule has 1 aromatic rings. The van der Waals surface area contributed by atoms with E-state index in [2.05, 4.69) is 19.2 Å². The minimum absolute atomic E-state index is 0.0323. The van der Waals surface area contributed by atoms with Gasteiger partial charge >= 0.3 is 0 Å². The molecule has 3 N–H and O–H groups in total. The van der Waals surface area contributed by atoms with Crippen molar-refractivity contribution in [1.29, 1.82) is 0 Å². The van der Waals surface area contributed by atoms with Crippen molar-refractivity contribution in [3.8, 4) is 0 Å². The van der Waals surface area contributed by atoms with Crippen LogP contribution in [0.5, 0.6) is 0 Å². The molecule has 1 fully saturated rings.